The molecule has 2 aromatic rings. The third kappa shape index (κ3) is 6.15. The summed E-state index contributed by atoms with van der Waals surface area (Å²) in [6.07, 6.45) is 3.75. The third-order valence-electron chi connectivity index (χ3n) is 5.16. The Morgan fingerprint density at radius 3 is 2.69 bits per heavy atom. The van der Waals surface area contributed by atoms with Gasteiger partial charge in [-0.25, -0.2) is 4.98 Å². The van der Waals surface area contributed by atoms with Gasteiger partial charge in [0.1, 0.15) is 12.4 Å². The summed E-state index contributed by atoms with van der Waals surface area (Å²) in [7, 11) is 0. The number of nitrogens with zero attached hydrogens (tertiary/aromatic N) is 2. The number of likely N-dealkylation sites (tertiary alicyclic amines) is 1. The van der Waals surface area contributed by atoms with Gasteiger partial charge in [0.05, 0.1) is 12.1 Å². The molecule has 3 rings (SSSR count). The second kappa shape index (κ2) is 9.43. The normalized spacial score (nSPS) is 20.3. The quantitative estimate of drug-likeness (QED) is 0.715. The molecule has 1 aromatic carbocycles. The molecule has 1 amide bonds. The Kier molecular flexibility index (Phi) is 7.16. The molecule has 8 heteroatoms. The summed E-state index contributed by atoms with van der Waals surface area (Å²) in [5.41, 5.74) is 1.02. The summed E-state index contributed by atoms with van der Waals surface area (Å²) in [5.74, 6) is 0.644. The smallest absolute Gasteiger partial charge is 0.240 e. The number of halogens is 1. The molecule has 0 aliphatic carbocycles. The second-order valence-electron chi connectivity index (χ2n) is 7.84. The van der Waals surface area contributed by atoms with Crippen LogP contribution in [-0.4, -0.2) is 52.7 Å². The van der Waals surface area contributed by atoms with Crippen LogP contribution in [0.15, 0.2) is 18.3 Å². The van der Waals surface area contributed by atoms with Gasteiger partial charge < -0.3 is 15.2 Å². The van der Waals surface area contributed by atoms with Gasteiger partial charge in [0.2, 0.25) is 5.91 Å². The van der Waals surface area contributed by atoms with Crippen LogP contribution >= 0.6 is 22.9 Å². The highest BCUT2D eigenvalue weighted by Crippen LogP contribution is 2.28. The number of hydrogen-bond donors (Lipinski definition) is 2. The third-order valence-corrected chi connectivity index (χ3v) is 6.59. The molecule has 2 N–H and O–H groups in total. The van der Waals surface area contributed by atoms with Gasteiger partial charge in [0.25, 0.3) is 0 Å². The monoisotopic (exact) mass is 437 g/mol. The first-order valence-corrected chi connectivity index (χ1v) is 11.0. The van der Waals surface area contributed by atoms with Crippen LogP contribution in [0.25, 0.3) is 0 Å². The number of aromatic nitrogens is 1. The number of hydrogen-bond acceptors (Lipinski definition) is 6. The van der Waals surface area contributed by atoms with Gasteiger partial charge in [-0.3, -0.25) is 9.69 Å². The van der Waals surface area contributed by atoms with Crippen molar-refractivity contribution in [2.24, 2.45) is 0 Å². The fraction of sp³-hybridized carbons (Fsp3) is 0.524. The van der Waals surface area contributed by atoms with E-state index in [-0.39, 0.29) is 12.5 Å². The molecular formula is C21H28ClN3O3S. The van der Waals surface area contributed by atoms with Gasteiger partial charge in [-0.05, 0) is 69.8 Å². The lowest BCUT2D eigenvalue weighted by Gasteiger charge is -2.27. The van der Waals surface area contributed by atoms with Crippen molar-refractivity contribution in [1.29, 1.82) is 0 Å². The fourth-order valence-electron chi connectivity index (χ4n) is 3.52. The molecule has 6 nitrogen and oxygen atoms in total. The molecule has 1 aliphatic heterocycles. The molecule has 158 valence electrons. The highest BCUT2D eigenvalue weighted by atomic mass is 35.5. The number of ether oxygens (including phenoxy) is 1. The predicted molar refractivity (Wildman–Crippen MR) is 117 cm³/mol. The molecule has 0 bridgehead atoms. The number of carbonyl (C=O) groups excluding carboxylic acids is 1. The van der Waals surface area contributed by atoms with Crippen LogP contribution < -0.4 is 10.1 Å². The van der Waals surface area contributed by atoms with Crippen LogP contribution in [0.4, 0.5) is 5.13 Å². The van der Waals surface area contributed by atoms with Gasteiger partial charge >= 0.3 is 0 Å². The number of aryl methyl sites for hydroxylation is 3. The summed E-state index contributed by atoms with van der Waals surface area (Å²) in [6, 6.07) is 3.79. The molecule has 1 unspecified atom stereocenters. The first-order valence-electron chi connectivity index (χ1n) is 9.81. The topological polar surface area (TPSA) is 74.7 Å². The number of nitrogens with one attached hydrogen (secondary N) is 1. The highest BCUT2D eigenvalue weighted by molar-refractivity contribution is 7.15. The Bertz CT molecular complexity index is 850. The average Bonchev–Trinajstić information content (AvgIpc) is 2.97. The van der Waals surface area contributed by atoms with E-state index in [4.69, 9.17) is 16.3 Å². The van der Waals surface area contributed by atoms with E-state index in [9.17, 15) is 9.90 Å². The minimum Gasteiger partial charge on any atom is -0.491 e. The van der Waals surface area contributed by atoms with E-state index < -0.39 is 5.60 Å². The number of aliphatic hydroxyl groups is 1. The second-order valence-corrected chi connectivity index (χ2v) is 9.45. The highest BCUT2D eigenvalue weighted by Gasteiger charge is 2.31. The maximum Gasteiger partial charge on any atom is 0.240 e. The molecule has 0 spiro atoms. The summed E-state index contributed by atoms with van der Waals surface area (Å²) in [6.45, 7) is 7.78. The minimum atomic E-state index is -0.904. The van der Waals surface area contributed by atoms with E-state index in [0.29, 0.717) is 31.1 Å². The molecule has 0 radical (unpaired) electrons. The van der Waals surface area contributed by atoms with Crippen molar-refractivity contribution >= 4 is 34.0 Å². The molecule has 1 aliphatic rings. The number of carbonyl (C=O) groups is 1. The van der Waals surface area contributed by atoms with Gasteiger partial charge in [0, 0.05) is 22.6 Å². The van der Waals surface area contributed by atoms with Crippen molar-refractivity contribution in [2.75, 3.05) is 31.6 Å². The standard InChI is InChI=1S/C21H28ClN3O3S/c1-14-9-17(10-15(2)19(14)22)28-13-21(27)5-4-7-25(8-6-21)12-18(26)24-20-23-11-16(3)29-20/h9-11,27H,4-8,12-13H2,1-3H3,(H,23,24,26). The first kappa shape index (κ1) is 22.0. The number of amides is 1. The van der Waals surface area contributed by atoms with Gasteiger partial charge in [0.15, 0.2) is 5.13 Å². The van der Waals surface area contributed by atoms with E-state index in [2.05, 4.69) is 15.2 Å². The van der Waals surface area contributed by atoms with Crippen molar-refractivity contribution < 1.29 is 14.6 Å². The zero-order chi connectivity index (χ0) is 21.0. The molecule has 1 aromatic heterocycles. The minimum absolute atomic E-state index is 0.0758. The number of thiazole rings is 1. The Balaban J connectivity index is 1.51. The lowest BCUT2D eigenvalue weighted by atomic mass is 9.96. The Labute approximate surface area is 180 Å². The Hall–Kier alpha value is -1.67. The number of benzene rings is 1. The molecule has 2 heterocycles. The summed E-state index contributed by atoms with van der Waals surface area (Å²) < 4.78 is 5.91. The Morgan fingerprint density at radius 1 is 1.31 bits per heavy atom. The molecule has 1 fully saturated rings. The molecule has 1 saturated heterocycles. The van der Waals surface area contributed by atoms with E-state index in [1.165, 1.54) is 11.3 Å². The van der Waals surface area contributed by atoms with Crippen molar-refractivity contribution in [3.63, 3.8) is 0 Å². The molecule has 29 heavy (non-hydrogen) atoms. The summed E-state index contributed by atoms with van der Waals surface area (Å²) in [4.78, 5) is 19.6. The van der Waals surface area contributed by atoms with Crippen LogP contribution in [0.2, 0.25) is 5.02 Å². The van der Waals surface area contributed by atoms with Crippen LogP contribution in [0, 0.1) is 20.8 Å². The van der Waals surface area contributed by atoms with Gasteiger partial charge in [-0.1, -0.05) is 11.6 Å². The largest absolute Gasteiger partial charge is 0.491 e. The number of anilines is 1. The summed E-state index contributed by atoms with van der Waals surface area (Å²) >= 11 is 7.67. The SMILES string of the molecule is Cc1cnc(NC(=O)CN2CCCC(O)(COc3cc(C)c(Cl)c(C)c3)CC2)s1. The Morgan fingerprint density at radius 2 is 2.03 bits per heavy atom. The first-order chi connectivity index (χ1) is 13.7. The lowest BCUT2D eigenvalue weighted by Crippen LogP contribution is -2.38. The molecular weight excluding hydrogens is 410 g/mol. The van der Waals surface area contributed by atoms with Crippen LogP contribution in [0.5, 0.6) is 5.75 Å². The van der Waals surface area contributed by atoms with Crippen LogP contribution in [0.3, 0.4) is 0 Å². The lowest BCUT2D eigenvalue weighted by molar-refractivity contribution is -0.117. The van der Waals surface area contributed by atoms with Crippen LogP contribution in [0.1, 0.15) is 35.3 Å². The van der Waals surface area contributed by atoms with E-state index in [1.54, 1.807) is 6.20 Å². The maximum atomic E-state index is 12.3. The van der Waals surface area contributed by atoms with Gasteiger partial charge in [-0.2, -0.15) is 0 Å². The molecule has 1 atom stereocenters. The van der Waals surface area contributed by atoms with Crippen LogP contribution in [-0.2, 0) is 4.79 Å². The predicted octanol–water partition coefficient (Wildman–Crippen LogP) is 3.96. The fourth-order valence-corrected chi connectivity index (χ4v) is 4.31. The van der Waals surface area contributed by atoms with Gasteiger partial charge in [-0.15, -0.1) is 11.3 Å². The molecule has 0 saturated carbocycles. The maximum absolute atomic E-state index is 12.3. The van der Waals surface area contributed by atoms with E-state index in [0.717, 1.165) is 39.7 Å². The van der Waals surface area contributed by atoms with Crippen molar-refractivity contribution in [3.8, 4) is 5.75 Å². The zero-order valence-electron chi connectivity index (χ0n) is 17.1. The number of rotatable bonds is 6. The summed E-state index contributed by atoms with van der Waals surface area (Å²) in [5, 5.41) is 15.2. The average molecular weight is 438 g/mol. The van der Waals surface area contributed by atoms with E-state index >= 15 is 0 Å². The van der Waals surface area contributed by atoms with Crippen molar-refractivity contribution in [3.05, 3.63) is 39.4 Å². The van der Waals surface area contributed by atoms with Crippen molar-refractivity contribution in [1.82, 2.24) is 9.88 Å². The van der Waals surface area contributed by atoms with E-state index in [1.807, 2.05) is 32.9 Å². The zero-order valence-corrected chi connectivity index (χ0v) is 18.7. The van der Waals surface area contributed by atoms with Crippen molar-refractivity contribution in [2.45, 2.75) is 45.6 Å².